The summed E-state index contributed by atoms with van der Waals surface area (Å²) in [6.45, 7) is 0. The molecule has 8 aromatic carbocycles. The van der Waals surface area contributed by atoms with E-state index in [1.54, 1.807) is 0 Å². The largest absolute Gasteiger partial charge is 0.456 e. The molecule has 0 bridgehead atoms. The van der Waals surface area contributed by atoms with Crippen LogP contribution < -0.4 is 0 Å². The van der Waals surface area contributed by atoms with Gasteiger partial charge in [-0.05, 0) is 53.6 Å². The zero-order valence-electron chi connectivity index (χ0n) is 30.5. The third kappa shape index (κ3) is 4.87. The molecule has 0 saturated heterocycles. The average Bonchev–Trinajstić information content (AvgIpc) is 3.94. The van der Waals surface area contributed by atoms with Crippen molar-refractivity contribution >= 4 is 65.6 Å². The molecule has 266 valence electrons. The molecule has 0 unspecified atom stereocenters. The summed E-state index contributed by atoms with van der Waals surface area (Å²) in [5.41, 5.74) is 11.1. The Morgan fingerprint density at radius 3 is 1.75 bits per heavy atom. The molecule has 0 radical (unpaired) electrons. The van der Waals surface area contributed by atoms with Crippen LogP contribution in [0.3, 0.4) is 0 Å². The quantitative estimate of drug-likeness (QED) is 0.177. The first-order valence-corrected chi connectivity index (χ1v) is 19.1. The molecule has 0 aliphatic carbocycles. The van der Waals surface area contributed by atoms with Crippen LogP contribution in [0.1, 0.15) is 0 Å². The van der Waals surface area contributed by atoms with Crippen LogP contribution >= 0.6 is 0 Å². The lowest BCUT2D eigenvalue weighted by Crippen LogP contribution is -2.06. The summed E-state index contributed by atoms with van der Waals surface area (Å²) in [7, 11) is 0. The fourth-order valence-corrected chi connectivity index (χ4v) is 8.63. The fourth-order valence-electron chi connectivity index (χ4n) is 8.63. The van der Waals surface area contributed by atoms with E-state index in [2.05, 4.69) is 161 Å². The van der Waals surface area contributed by atoms with E-state index in [-0.39, 0.29) is 0 Å². The monoisotopic (exact) mass is 729 g/mol. The molecule has 0 N–H and O–H groups in total. The molecule has 4 heterocycles. The first-order valence-electron chi connectivity index (χ1n) is 19.1. The molecule has 0 aliphatic rings. The number of furan rings is 1. The van der Waals surface area contributed by atoms with E-state index in [4.69, 9.17) is 19.4 Å². The second-order valence-electron chi connectivity index (χ2n) is 14.4. The minimum absolute atomic E-state index is 0.559. The smallest absolute Gasteiger partial charge is 0.238 e. The molecule has 0 saturated carbocycles. The lowest BCUT2D eigenvalue weighted by molar-refractivity contribution is 0.668. The number of hydrogen-bond acceptors (Lipinski definition) is 4. The van der Waals surface area contributed by atoms with Crippen LogP contribution in [0.2, 0.25) is 0 Å². The van der Waals surface area contributed by atoms with E-state index >= 15 is 0 Å². The van der Waals surface area contributed by atoms with E-state index in [0.717, 1.165) is 93.5 Å². The molecule has 0 spiro atoms. The summed E-state index contributed by atoms with van der Waals surface area (Å²) >= 11 is 0. The molecule has 6 nitrogen and oxygen atoms in total. The SMILES string of the molecule is c1ccc(-c2cccc(-c3nc(-c4ccccc4)nc(-n4c5ccccc5c5ccc6c(c7ccccc7n6-c6ccc7c(c6)oc6ccccc67)c54)n3)c2)cc1. The lowest BCUT2D eigenvalue weighted by atomic mass is 10.0. The predicted octanol–water partition coefficient (Wildman–Crippen LogP) is 13.0. The number of fused-ring (bicyclic) bond motifs is 10. The van der Waals surface area contributed by atoms with E-state index in [0.29, 0.717) is 17.6 Å². The first kappa shape index (κ1) is 31.5. The van der Waals surface area contributed by atoms with Crippen LogP contribution in [0.5, 0.6) is 0 Å². The van der Waals surface area contributed by atoms with Crippen molar-refractivity contribution in [1.29, 1.82) is 0 Å². The van der Waals surface area contributed by atoms with Gasteiger partial charge in [-0.1, -0.05) is 140 Å². The maximum Gasteiger partial charge on any atom is 0.238 e. The van der Waals surface area contributed by atoms with Gasteiger partial charge in [0.1, 0.15) is 11.2 Å². The molecular weight excluding hydrogens is 699 g/mol. The van der Waals surface area contributed by atoms with Gasteiger partial charge < -0.3 is 8.98 Å². The van der Waals surface area contributed by atoms with Crippen molar-refractivity contribution in [1.82, 2.24) is 24.1 Å². The van der Waals surface area contributed by atoms with Gasteiger partial charge >= 0.3 is 0 Å². The second kappa shape index (κ2) is 12.3. The summed E-state index contributed by atoms with van der Waals surface area (Å²) in [5, 5.41) is 6.74. The Labute approximate surface area is 326 Å². The van der Waals surface area contributed by atoms with Gasteiger partial charge in [-0.3, -0.25) is 4.57 Å². The molecule has 0 atom stereocenters. The highest BCUT2D eigenvalue weighted by Gasteiger charge is 2.23. The van der Waals surface area contributed by atoms with Gasteiger partial charge in [0, 0.05) is 55.2 Å². The maximum atomic E-state index is 6.39. The molecule has 57 heavy (non-hydrogen) atoms. The van der Waals surface area contributed by atoms with Crippen molar-refractivity contribution in [3.8, 4) is 45.5 Å². The molecule has 4 aromatic heterocycles. The zero-order valence-corrected chi connectivity index (χ0v) is 30.5. The molecule has 0 aliphatic heterocycles. The maximum absolute atomic E-state index is 6.39. The third-order valence-corrected chi connectivity index (χ3v) is 11.2. The van der Waals surface area contributed by atoms with Crippen LogP contribution in [-0.2, 0) is 0 Å². The van der Waals surface area contributed by atoms with Crippen LogP contribution in [0.25, 0.3) is 111 Å². The summed E-state index contributed by atoms with van der Waals surface area (Å²) in [6.07, 6.45) is 0. The number of benzene rings is 8. The highest BCUT2D eigenvalue weighted by atomic mass is 16.3. The zero-order chi connectivity index (χ0) is 37.5. The van der Waals surface area contributed by atoms with Gasteiger partial charge in [0.15, 0.2) is 11.6 Å². The Hall–Kier alpha value is -7.83. The van der Waals surface area contributed by atoms with E-state index in [9.17, 15) is 0 Å². The van der Waals surface area contributed by atoms with Crippen molar-refractivity contribution in [2.45, 2.75) is 0 Å². The summed E-state index contributed by atoms with van der Waals surface area (Å²) in [5.74, 6) is 1.78. The molecule has 12 rings (SSSR count). The first-order chi connectivity index (χ1) is 28.3. The van der Waals surface area contributed by atoms with Gasteiger partial charge in [0.2, 0.25) is 5.95 Å². The Morgan fingerprint density at radius 2 is 0.947 bits per heavy atom. The van der Waals surface area contributed by atoms with Crippen molar-refractivity contribution in [3.63, 3.8) is 0 Å². The normalized spacial score (nSPS) is 11.9. The van der Waals surface area contributed by atoms with Crippen LogP contribution in [-0.4, -0.2) is 24.1 Å². The number of rotatable bonds is 5. The van der Waals surface area contributed by atoms with Gasteiger partial charge in [-0.2, -0.15) is 9.97 Å². The summed E-state index contributed by atoms with van der Waals surface area (Å²) in [6, 6.07) is 65.5. The molecule has 0 fully saturated rings. The van der Waals surface area contributed by atoms with E-state index in [1.807, 2.05) is 36.4 Å². The van der Waals surface area contributed by atoms with Gasteiger partial charge in [0.25, 0.3) is 0 Å². The fraction of sp³-hybridized carbons (Fsp3) is 0. The van der Waals surface area contributed by atoms with Crippen LogP contribution in [0.15, 0.2) is 192 Å². The van der Waals surface area contributed by atoms with Crippen LogP contribution in [0.4, 0.5) is 0 Å². The highest BCUT2D eigenvalue weighted by molar-refractivity contribution is 6.26. The minimum Gasteiger partial charge on any atom is -0.456 e. The lowest BCUT2D eigenvalue weighted by Gasteiger charge is -2.12. The summed E-state index contributed by atoms with van der Waals surface area (Å²) < 4.78 is 11.0. The molecule has 6 heteroatoms. The average molecular weight is 730 g/mol. The standard InChI is InChI=1S/C51H31N5O/c1-3-14-32(15-4-1)34-18-13-19-35(30-34)50-52-49(33-16-5-2-6-17-33)53-51(54-50)56-42-23-10-7-20-37(42)40-28-29-44-47(48(40)56)41-22-8-11-24-43(41)55(44)36-26-27-39-38-21-9-12-25-45(38)57-46(39)31-36/h1-31H. The third-order valence-electron chi connectivity index (χ3n) is 11.2. The molecular formula is C51H31N5O. The van der Waals surface area contributed by atoms with E-state index < -0.39 is 0 Å². The number of hydrogen-bond donors (Lipinski definition) is 0. The van der Waals surface area contributed by atoms with Crippen LogP contribution in [0, 0.1) is 0 Å². The molecule has 0 amide bonds. The van der Waals surface area contributed by atoms with Crippen molar-refractivity contribution in [3.05, 3.63) is 188 Å². The predicted molar refractivity (Wildman–Crippen MR) is 232 cm³/mol. The minimum atomic E-state index is 0.559. The van der Waals surface area contributed by atoms with Crippen molar-refractivity contribution in [2.24, 2.45) is 0 Å². The highest BCUT2D eigenvalue weighted by Crippen LogP contribution is 2.42. The molecule has 12 aromatic rings. The Balaban J connectivity index is 1.16. The van der Waals surface area contributed by atoms with Crippen molar-refractivity contribution in [2.75, 3.05) is 0 Å². The van der Waals surface area contributed by atoms with Crippen molar-refractivity contribution < 1.29 is 4.42 Å². The number of nitrogens with zero attached hydrogens (tertiary/aromatic N) is 5. The Morgan fingerprint density at radius 1 is 0.351 bits per heavy atom. The number of aromatic nitrogens is 5. The Bertz CT molecular complexity index is 3520. The van der Waals surface area contributed by atoms with Gasteiger partial charge in [0.05, 0.1) is 22.1 Å². The number of para-hydroxylation sites is 3. The topological polar surface area (TPSA) is 61.7 Å². The van der Waals surface area contributed by atoms with Gasteiger partial charge in [-0.15, -0.1) is 0 Å². The van der Waals surface area contributed by atoms with E-state index in [1.165, 1.54) is 0 Å². The second-order valence-corrected chi connectivity index (χ2v) is 14.4. The Kier molecular flexibility index (Phi) is 6.83. The summed E-state index contributed by atoms with van der Waals surface area (Å²) in [4.78, 5) is 15.7. The van der Waals surface area contributed by atoms with Gasteiger partial charge in [-0.25, -0.2) is 4.98 Å².